The largest absolute Gasteiger partial charge is 0.388 e. The fraction of sp³-hybridized carbons (Fsp3) is 0.625. The molecule has 0 saturated heterocycles. The van der Waals surface area contributed by atoms with Crippen LogP contribution in [-0.2, 0) is 0 Å². The topological polar surface area (TPSA) is 26.7 Å². The number of likely N-dealkylation sites (N-methyl/N-ethyl adjacent to an activating group) is 1. The quantitative estimate of drug-likeness (QED) is 0.782. The molecule has 1 atom stereocenters. The molecule has 0 amide bonds. The molecule has 0 spiro atoms. The Balaban J connectivity index is 2.94. The van der Waals surface area contributed by atoms with Gasteiger partial charge in [-0.25, -0.2) is 0 Å². The molecule has 0 bridgehead atoms. The summed E-state index contributed by atoms with van der Waals surface area (Å²) < 4.78 is 0. The molecular weight excluding hydrogens is 236 g/mol. The Bertz CT molecular complexity index is 366. The Morgan fingerprint density at radius 1 is 1.05 bits per heavy atom. The number of aliphatic hydroxyl groups excluding tert-OH is 1. The van der Waals surface area contributed by atoms with Crippen LogP contribution in [0.4, 0.5) is 5.69 Å². The second kappa shape index (κ2) is 8.18. The van der Waals surface area contributed by atoms with E-state index in [0.29, 0.717) is 0 Å². The normalized spacial score (nSPS) is 12.7. The highest BCUT2D eigenvalue weighted by Gasteiger charge is 2.15. The average molecular weight is 264 g/mol. The van der Waals surface area contributed by atoms with Crippen molar-refractivity contribution in [1.29, 1.82) is 0 Å². The molecule has 3 nitrogen and oxygen atoms in total. The lowest BCUT2D eigenvalue weighted by atomic mass is 10.0. The molecule has 0 heterocycles. The van der Waals surface area contributed by atoms with E-state index in [4.69, 9.17) is 0 Å². The van der Waals surface area contributed by atoms with E-state index in [1.807, 2.05) is 19.1 Å². The fourth-order valence-electron chi connectivity index (χ4n) is 2.22. The van der Waals surface area contributed by atoms with Gasteiger partial charge in [-0.1, -0.05) is 32.0 Å². The second-order valence-electron chi connectivity index (χ2n) is 5.27. The van der Waals surface area contributed by atoms with Crippen LogP contribution in [0.3, 0.4) is 0 Å². The van der Waals surface area contributed by atoms with Crippen molar-refractivity contribution in [2.24, 2.45) is 0 Å². The summed E-state index contributed by atoms with van der Waals surface area (Å²) in [6.45, 7) is 7.26. The predicted molar refractivity (Wildman–Crippen MR) is 82.8 cm³/mol. The van der Waals surface area contributed by atoms with E-state index in [9.17, 15) is 5.11 Å². The highest BCUT2D eigenvalue weighted by molar-refractivity contribution is 5.54. The van der Waals surface area contributed by atoms with Crippen molar-refractivity contribution in [3.63, 3.8) is 0 Å². The highest BCUT2D eigenvalue weighted by Crippen LogP contribution is 2.28. The summed E-state index contributed by atoms with van der Waals surface area (Å²) in [5.41, 5.74) is 2.23. The third-order valence-corrected chi connectivity index (χ3v) is 3.33. The predicted octanol–water partition coefficient (Wildman–Crippen LogP) is 2.91. The summed E-state index contributed by atoms with van der Waals surface area (Å²) in [6, 6.07) is 8.23. The molecule has 3 heteroatoms. The van der Waals surface area contributed by atoms with Gasteiger partial charge in [0.05, 0.1) is 6.10 Å². The molecule has 0 radical (unpaired) electrons. The van der Waals surface area contributed by atoms with Crippen molar-refractivity contribution >= 4 is 5.69 Å². The molecule has 0 saturated carbocycles. The minimum atomic E-state index is -0.366. The van der Waals surface area contributed by atoms with Gasteiger partial charge in [0.15, 0.2) is 0 Å². The molecule has 1 rings (SSSR count). The second-order valence-corrected chi connectivity index (χ2v) is 5.27. The first kappa shape index (κ1) is 16.0. The van der Waals surface area contributed by atoms with Crippen LogP contribution in [0.2, 0.25) is 0 Å². The third-order valence-electron chi connectivity index (χ3n) is 3.33. The van der Waals surface area contributed by atoms with Crippen LogP contribution in [0, 0.1) is 0 Å². The SMILES string of the molecule is CCCN(CCN(C)C)c1ccccc1[C@H](O)CC. The molecule has 0 aliphatic carbocycles. The summed E-state index contributed by atoms with van der Waals surface area (Å²) in [6.07, 6.45) is 1.50. The van der Waals surface area contributed by atoms with Gasteiger partial charge < -0.3 is 14.9 Å². The number of aliphatic hydroxyl groups is 1. The van der Waals surface area contributed by atoms with Crippen LogP contribution in [0.15, 0.2) is 24.3 Å². The minimum absolute atomic E-state index is 0.366. The zero-order valence-electron chi connectivity index (χ0n) is 12.8. The van der Waals surface area contributed by atoms with Crippen molar-refractivity contribution in [2.45, 2.75) is 32.8 Å². The number of benzene rings is 1. The Labute approximate surface area is 117 Å². The number of para-hydroxylation sites is 1. The fourth-order valence-corrected chi connectivity index (χ4v) is 2.22. The van der Waals surface area contributed by atoms with Gasteiger partial charge in [0.25, 0.3) is 0 Å². The smallest absolute Gasteiger partial charge is 0.0807 e. The maximum atomic E-state index is 10.2. The summed E-state index contributed by atoms with van der Waals surface area (Å²) in [5, 5.41) is 10.2. The lowest BCUT2D eigenvalue weighted by Crippen LogP contribution is -2.33. The van der Waals surface area contributed by atoms with Gasteiger partial charge in [-0.3, -0.25) is 0 Å². The van der Waals surface area contributed by atoms with E-state index >= 15 is 0 Å². The van der Waals surface area contributed by atoms with Crippen molar-refractivity contribution < 1.29 is 5.11 Å². The molecule has 19 heavy (non-hydrogen) atoms. The van der Waals surface area contributed by atoms with Crippen LogP contribution in [0.25, 0.3) is 0 Å². The lowest BCUT2D eigenvalue weighted by molar-refractivity contribution is 0.174. The monoisotopic (exact) mass is 264 g/mol. The Kier molecular flexibility index (Phi) is 6.89. The van der Waals surface area contributed by atoms with Crippen molar-refractivity contribution in [2.75, 3.05) is 38.6 Å². The maximum Gasteiger partial charge on any atom is 0.0807 e. The number of anilines is 1. The maximum absolute atomic E-state index is 10.2. The van der Waals surface area contributed by atoms with Crippen LogP contribution >= 0.6 is 0 Å². The number of hydrogen-bond acceptors (Lipinski definition) is 3. The van der Waals surface area contributed by atoms with E-state index in [1.165, 1.54) is 5.69 Å². The summed E-state index contributed by atoms with van der Waals surface area (Å²) in [4.78, 5) is 4.58. The van der Waals surface area contributed by atoms with Gasteiger partial charge in [0, 0.05) is 30.9 Å². The molecule has 0 unspecified atom stereocenters. The molecule has 0 aliphatic heterocycles. The lowest BCUT2D eigenvalue weighted by Gasteiger charge is -2.29. The minimum Gasteiger partial charge on any atom is -0.388 e. The number of rotatable bonds is 8. The number of hydrogen-bond donors (Lipinski definition) is 1. The molecular formula is C16H28N2O. The van der Waals surface area contributed by atoms with Crippen LogP contribution in [0.1, 0.15) is 38.4 Å². The van der Waals surface area contributed by atoms with Crippen LogP contribution in [-0.4, -0.2) is 43.7 Å². The molecule has 1 aromatic carbocycles. The third kappa shape index (κ3) is 4.84. The molecule has 0 fully saturated rings. The molecule has 0 aromatic heterocycles. The molecule has 1 N–H and O–H groups in total. The first-order valence-electron chi connectivity index (χ1n) is 7.26. The van der Waals surface area contributed by atoms with E-state index in [0.717, 1.165) is 38.0 Å². The van der Waals surface area contributed by atoms with Gasteiger partial charge in [0.1, 0.15) is 0 Å². The van der Waals surface area contributed by atoms with Crippen molar-refractivity contribution in [3.05, 3.63) is 29.8 Å². The molecule has 108 valence electrons. The Hall–Kier alpha value is -1.06. The highest BCUT2D eigenvalue weighted by atomic mass is 16.3. The Morgan fingerprint density at radius 3 is 2.32 bits per heavy atom. The van der Waals surface area contributed by atoms with Gasteiger partial charge in [-0.2, -0.15) is 0 Å². The van der Waals surface area contributed by atoms with Gasteiger partial charge >= 0.3 is 0 Å². The summed E-state index contributed by atoms with van der Waals surface area (Å²) in [5.74, 6) is 0. The number of nitrogens with zero attached hydrogens (tertiary/aromatic N) is 2. The van der Waals surface area contributed by atoms with Gasteiger partial charge in [0.2, 0.25) is 0 Å². The van der Waals surface area contributed by atoms with E-state index in [1.54, 1.807) is 0 Å². The first-order chi connectivity index (χ1) is 9.10. The van der Waals surface area contributed by atoms with E-state index in [2.05, 4.69) is 43.0 Å². The molecule has 1 aromatic rings. The van der Waals surface area contributed by atoms with Crippen molar-refractivity contribution in [3.8, 4) is 0 Å². The zero-order valence-corrected chi connectivity index (χ0v) is 12.8. The first-order valence-corrected chi connectivity index (χ1v) is 7.26. The summed E-state index contributed by atoms with van der Waals surface area (Å²) in [7, 11) is 4.19. The summed E-state index contributed by atoms with van der Waals surface area (Å²) >= 11 is 0. The van der Waals surface area contributed by atoms with Crippen molar-refractivity contribution in [1.82, 2.24) is 4.90 Å². The average Bonchev–Trinajstić information content (AvgIpc) is 2.42. The van der Waals surface area contributed by atoms with Gasteiger partial charge in [-0.05, 0) is 33.0 Å². The van der Waals surface area contributed by atoms with Crippen LogP contribution in [0.5, 0.6) is 0 Å². The molecule has 0 aliphatic rings. The zero-order chi connectivity index (χ0) is 14.3. The van der Waals surface area contributed by atoms with Crippen LogP contribution < -0.4 is 4.90 Å². The van der Waals surface area contributed by atoms with E-state index < -0.39 is 0 Å². The van der Waals surface area contributed by atoms with Gasteiger partial charge in [-0.15, -0.1) is 0 Å². The standard InChI is InChI=1S/C16H28N2O/c1-5-11-18(13-12-17(3)4)15-10-8-7-9-14(15)16(19)6-2/h7-10,16,19H,5-6,11-13H2,1-4H3/t16-/m1/s1. The Morgan fingerprint density at radius 2 is 1.74 bits per heavy atom. The van der Waals surface area contributed by atoms with E-state index in [-0.39, 0.29) is 6.10 Å².